The van der Waals surface area contributed by atoms with Crippen LogP contribution in [0.5, 0.6) is 0 Å². The summed E-state index contributed by atoms with van der Waals surface area (Å²) in [5, 5.41) is 7.74. The Morgan fingerprint density at radius 1 is 1.35 bits per heavy atom. The van der Waals surface area contributed by atoms with Crippen LogP contribution < -0.4 is 5.32 Å². The zero-order valence-corrected chi connectivity index (χ0v) is 12.0. The van der Waals surface area contributed by atoms with Gasteiger partial charge in [-0.05, 0) is 30.7 Å². The Bertz CT molecular complexity index is 646. The zero-order chi connectivity index (χ0) is 13.8. The molecule has 3 aromatic rings. The molecule has 2 heterocycles. The van der Waals surface area contributed by atoms with E-state index in [-0.39, 0.29) is 6.04 Å². The van der Waals surface area contributed by atoms with E-state index >= 15 is 0 Å². The van der Waals surface area contributed by atoms with Gasteiger partial charge in [0.15, 0.2) is 0 Å². The summed E-state index contributed by atoms with van der Waals surface area (Å²) >= 11 is 1.67. The van der Waals surface area contributed by atoms with Crippen molar-refractivity contribution in [2.75, 3.05) is 5.32 Å². The fraction of sp³-hybridized carbons (Fsp3) is 0.200. The van der Waals surface area contributed by atoms with Crippen molar-refractivity contribution in [2.24, 2.45) is 0 Å². The molecule has 102 valence electrons. The van der Waals surface area contributed by atoms with Crippen LogP contribution in [-0.4, -0.2) is 14.8 Å². The minimum atomic E-state index is 0.266. The van der Waals surface area contributed by atoms with E-state index < -0.39 is 0 Å². The van der Waals surface area contributed by atoms with E-state index in [4.69, 9.17) is 0 Å². The number of nitrogens with one attached hydrogen (secondary N) is 1. The Balaban J connectivity index is 1.71. The summed E-state index contributed by atoms with van der Waals surface area (Å²) in [7, 11) is 0. The lowest BCUT2D eigenvalue weighted by Crippen LogP contribution is -2.06. The van der Waals surface area contributed by atoms with Crippen LogP contribution in [0.15, 0.2) is 54.4 Å². The van der Waals surface area contributed by atoms with Crippen LogP contribution in [-0.2, 0) is 6.54 Å². The maximum Gasteiger partial charge on any atom is 0.0795 e. The normalized spacial score (nSPS) is 12.2. The van der Waals surface area contributed by atoms with Crippen LogP contribution in [0.1, 0.15) is 23.4 Å². The molecule has 1 atom stereocenters. The first-order valence-electron chi connectivity index (χ1n) is 6.52. The van der Waals surface area contributed by atoms with Gasteiger partial charge in [0.05, 0.1) is 18.1 Å². The molecule has 1 unspecified atom stereocenters. The lowest BCUT2D eigenvalue weighted by Gasteiger charge is -2.14. The van der Waals surface area contributed by atoms with E-state index in [2.05, 4.69) is 46.6 Å². The second-order valence-electron chi connectivity index (χ2n) is 4.67. The highest BCUT2D eigenvalue weighted by Gasteiger charge is 2.07. The van der Waals surface area contributed by atoms with Crippen molar-refractivity contribution < 1.29 is 0 Å². The molecule has 0 saturated heterocycles. The van der Waals surface area contributed by atoms with Gasteiger partial charge in [0.25, 0.3) is 0 Å². The van der Waals surface area contributed by atoms with E-state index in [1.807, 2.05) is 28.7 Å². The smallest absolute Gasteiger partial charge is 0.0795 e. The number of hydrogen-bond donors (Lipinski definition) is 1. The van der Waals surface area contributed by atoms with Gasteiger partial charge in [-0.2, -0.15) is 5.10 Å². The van der Waals surface area contributed by atoms with Crippen molar-refractivity contribution in [3.8, 4) is 0 Å². The Hall–Kier alpha value is -2.14. The summed E-state index contributed by atoms with van der Waals surface area (Å²) in [6.45, 7) is 2.94. The Labute approximate surface area is 122 Å². The highest BCUT2D eigenvalue weighted by Crippen LogP contribution is 2.22. The standard InChI is InChI=1S/C15H16N4S/c1-12(15-9-16-11-20-15)18-14-5-2-4-13(8-14)10-19-7-3-6-17-19/h2-9,11-12,18H,10H2,1H3. The highest BCUT2D eigenvalue weighted by molar-refractivity contribution is 7.09. The minimum absolute atomic E-state index is 0.266. The molecule has 0 spiro atoms. The Kier molecular flexibility index (Phi) is 3.78. The van der Waals surface area contributed by atoms with E-state index in [1.165, 1.54) is 10.4 Å². The van der Waals surface area contributed by atoms with Crippen molar-refractivity contribution in [3.05, 3.63) is 64.9 Å². The van der Waals surface area contributed by atoms with Gasteiger partial charge in [0, 0.05) is 29.2 Å². The number of benzene rings is 1. The lowest BCUT2D eigenvalue weighted by atomic mass is 10.2. The molecule has 0 bridgehead atoms. The van der Waals surface area contributed by atoms with Gasteiger partial charge in [0.2, 0.25) is 0 Å². The number of aromatic nitrogens is 3. The van der Waals surface area contributed by atoms with Crippen molar-refractivity contribution in [2.45, 2.75) is 19.5 Å². The molecule has 20 heavy (non-hydrogen) atoms. The highest BCUT2D eigenvalue weighted by atomic mass is 32.1. The van der Waals surface area contributed by atoms with E-state index in [1.54, 1.807) is 17.5 Å². The van der Waals surface area contributed by atoms with Crippen molar-refractivity contribution in [1.82, 2.24) is 14.8 Å². The number of nitrogens with zero attached hydrogens (tertiary/aromatic N) is 3. The van der Waals surface area contributed by atoms with E-state index in [0.717, 1.165) is 12.2 Å². The minimum Gasteiger partial charge on any atom is -0.378 e. The van der Waals surface area contributed by atoms with E-state index in [0.29, 0.717) is 0 Å². The molecular weight excluding hydrogens is 268 g/mol. The molecule has 5 heteroatoms. The van der Waals surface area contributed by atoms with Crippen LogP contribution in [0.4, 0.5) is 5.69 Å². The second-order valence-corrected chi connectivity index (χ2v) is 5.59. The molecule has 0 saturated carbocycles. The third kappa shape index (κ3) is 3.05. The summed E-state index contributed by atoms with van der Waals surface area (Å²) in [6, 6.07) is 10.6. The molecule has 0 aliphatic rings. The van der Waals surface area contributed by atoms with Gasteiger partial charge < -0.3 is 5.32 Å². The third-order valence-corrected chi connectivity index (χ3v) is 4.05. The van der Waals surface area contributed by atoms with Gasteiger partial charge in [-0.3, -0.25) is 9.67 Å². The van der Waals surface area contributed by atoms with Gasteiger partial charge in [-0.15, -0.1) is 11.3 Å². The average molecular weight is 284 g/mol. The Morgan fingerprint density at radius 2 is 2.30 bits per heavy atom. The van der Waals surface area contributed by atoms with Crippen LogP contribution in [0, 0.1) is 0 Å². The average Bonchev–Trinajstić information content (AvgIpc) is 3.12. The van der Waals surface area contributed by atoms with Gasteiger partial charge >= 0.3 is 0 Å². The van der Waals surface area contributed by atoms with Gasteiger partial charge in [0.1, 0.15) is 0 Å². The summed E-state index contributed by atoms with van der Waals surface area (Å²) in [6.07, 6.45) is 5.68. The molecule has 0 radical (unpaired) electrons. The number of rotatable bonds is 5. The molecule has 0 amide bonds. The molecule has 1 aromatic carbocycles. The van der Waals surface area contributed by atoms with Gasteiger partial charge in [-0.1, -0.05) is 12.1 Å². The molecule has 0 fully saturated rings. The first-order valence-corrected chi connectivity index (χ1v) is 7.40. The molecular formula is C15H16N4S. The maximum absolute atomic E-state index is 4.23. The summed E-state index contributed by atoms with van der Waals surface area (Å²) in [5.74, 6) is 0. The number of anilines is 1. The monoisotopic (exact) mass is 284 g/mol. The molecule has 2 aromatic heterocycles. The molecule has 0 aliphatic carbocycles. The number of hydrogen-bond acceptors (Lipinski definition) is 4. The van der Waals surface area contributed by atoms with Crippen LogP contribution in [0.2, 0.25) is 0 Å². The predicted molar refractivity (Wildman–Crippen MR) is 81.9 cm³/mol. The fourth-order valence-electron chi connectivity index (χ4n) is 2.10. The van der Waals surface area contributed by atoms with Crippen molar-refractivity contribution in [3.63, 3.8) is 0 Å². The van der Waals surface area contributed by atoms with Crippen molar-refractivity contribution in [1.29, 1.82) is 0 Å². The molecule has 0 aliphatic heterocycles. The second kappa shape index (κ2) is 5.88. The Morgan fingerprint density at radius 3 is 3.05 bits per heavy atom. The fourth-order valence-corrected chi connectivity index (χ4v) is 2.73. The van der Waals surface area contributed by atoms with Crippen LogP contribution in [0.3, 0.4) is 0 Å². The first kappa shape index (κ1) is 12.9. The van der Waals surface area contributed by atoms with Gasteiger partial charge in [-0.25, -0.2) is 0 Å². The summed E-state index contributed by atoms with van der Waals surface area (Å²) < 4.78 is 1.92. The van der Waals surface area contributed by atoms with Crippen LogP contribution in [0.25, 0.3) is 0 Å². The SMILES string of the molecule is CC(Nc1cccc(Cn2cccn2)c1)c1cncs1. The van der Waals surface area contributed by atoms with Crippen molar-refractivity contribution >= 4 is 17.0 Å². The molecule has 3 rings (SSSR count). The first-order chi connectivity index (χ1) is 9.81. The molecule has 1 N–H and O–H groups in total. The largest absolute Gasteiger partial charge is 0.378 e. The van der Waals surface area contributed by atoms with E-state index in [9.17, 15) is 0 Å². The molecule has 4 nitrogen and oxygen atoms in total. The summed E-state index contributed by atoms with van der Waals surface area (Å²) in [5.41, 5.74) is 4.22. The van der Waals surface area contributed by atoms with Crippen LogP contribution >= 0.6 is 11.3 Å². The number of thiazole rings is 1. The topological polar surface area (TPSA) is 42.7 Å². The quantitative estimate of drug-likeness (QED) is 0.779. The summed E-state index contributed by atoms with van der Waals surface area (Å²) in [4.78, 5) is 5.36. The lowest BCUT2D eigenvalue weighted by molar-refractivity contribution is 0.687. The zero-order valence-electron chi connectivity index (χ0n) is 11.2. The maximum atomic E-state index is 4.23. The predicted octanol–water partition coefficient (Wildman–Crippen LogP) is 3.56. The third-order valence-electron chi connectivity index (χ3n) is 3.09.